The van der Waals surface area contributed by atoms with Gasteiger partial charge in [-0.15, -0.1) is 0 Å². The Bertz CT molecular complexity index is 1520. The normalized spacial score (nSPS) is 19.1. The Hall–Kier alpha value is -2.63. The van der Waals surface area contributed by atoms with E-state index in [9.17, 15) is 30.3 Å². The van der Waals surface area contributed by atoms with Crippen molar-refractivity contribution in [3.63, 3.8) is 0 Å². The van der Waals surface area contributed by atoms with E-state index in [4.69, 9.17) is 9.47 Å². The number of aliphatic hydroxyl groups excluding tert-OH is 5. The Morgan fingerprint density at radius 1 is 0.443 bits per heavy atom. The average Bonchev–Trinajstić information content (AvgIpc) is 3.47. The summed E-state index contributed by atoms with van der Waals surface area (Å²) >= 11 is 0. The highest BCUT2D eigenvalue weighted by Gasteiger charge is 2.44. The van der Waals surface area contributed by atoms with Crippen LogP contribution in [0.1, 0.15) is 296 Å². The van der Waals surface area contributed by atoms with Crippen LogP contribution in [0.15, 0.2) is 85.1 Å². The fourth-order valence-electron chi connectivity index (χ4n) is 10.3. The van der Waals surface area contributed by atoms with Crippen molar-refractivity contribution in [1.82, 2.24) is 5.32 Å². The van der Waals surface area contributed by atoms with Crippen LogP contribution < -0.4 is 5.32 Å². The summed E-state index contributed by atoms with van der Waals surface area (Å²) in [6.07, 6.45) is 76.3. The van der Waals surface area contributed by atoms with Gasteiger partial charge in [-0.3, -0.25) is 4.79 Å². The lowest BCUT2D eigenvalue weighted by Gasteiger charge is -2.40. The van der Waals surface area contributed by atoms with Crippen LogP contribution in [0.25, 0.3) is 0 Å². The van der Waals surface area contributed by atoms with E-state index in [2.05, 4.69) is 104 Å². The molecule has 9 nitrogen and oxygen atoms in total. The third kappa shape index (κ3) is 47.6. The van der Waals surface area contributed by atoms with Gasteiger partial charge >= 0.3 is 0 Å². The molecule has 0 bridgehead atoms. The molecular formula is C70H125NO8. The fraction of sp³-hybridized carbons (Fsp3) is 0.786. The second kappa shape index (κ2) is 58.6. The van der Waals surface area contributed by atoms with E-state index in [-0.39, 0.29) is 12.5 Å². The summed E-state index contributed by atoms with van der Waals surface area (Å²) in [4.78, 5) is 13.1. The van der Waals surface area contributed by atoms with Gasteiger partial charge in [0.15, 0.2) is 6.29 Å². The second-order valence-corrected chi connectivity index (χ2v) is 22.9. The number of unbranched alkanes of at least 4 members (excludes halogenated alkanes) is 33. The molecule has 0 aromatic carbocycles. The zero-order chi connectivity index (χ0) is 57.2. The van der Waals surface area contributed by atoms with Crippen molar-refractivity contribution in [3.8, 4) is 0 Å². The standard InChI is InChI=1S/C70H125NO8/c1-3-5-7-9-11-13-15-17-19-21-23-25-26-27-28-29-30-31-32-33-34-35-36-37-38-40-42-44-46-48-50-52-54-56-58-60-66(74)71-63(62-78-70-69(77)68(76)67(75)65(61-72)79-70)64(73)59-57-55-53-51-49-47-45-43-41-39-24-22-20-18-16-14-12-10-8-6-4-2/h5,7,11,13,17,19,23,25,27-28,30-31,33-34,63-65,67-70,72-73,75-77H,3-4,6,8-10,12,14-16,18,20-22,24,26,29,32,35-62H2,1-2H3,(H,71,74)/b7-5-,13-11-,19-17-,25-23-,28-27-,31-30-,34-33-. The first-order valence-corrected chi connectivity index (χ1v) is 33.3. The van der Waals surface area contributed by atoms with Gasteiger partial charge in [0.05, 0.1) is 25.4 Å². The zero-order valence-electron chi connectivity index (χ0n) is 51.1. The van der Waals surface area contributed by atoms with E-state index in [1.165, 1.54) is 186 Å². The number of carbonyl (C=O) groups excluding carboxylic acids is 1. The maximum atomic E-state index is 13.1. The van der Waals surface area contributed by atoms with Crippen molar-refractivity contribution < 1.29 is 39.8 Å². The molecule has 1 amide bonds. The molecule has 1 saturated heterocycles. The predicted octanol–water partition coefficient (Wildman–Crippen LogP) is 17.7. The molecule has 1 heterocycles. The minimum atomic E-state index is -1.56. The Labute approximate surface area is 486 Å². The quantitative estimate of drug-likeness (QED) is 0.0261. The number of hydrogen-bond acceptors (Lipinski definition) is 8. The minimum Gasteiger partial charge on any atom is -0.394 e. The van der Waals surface area contributed by atoms with Crippen molar-refractivity contribution >= 4 is 5.91 Å². The van der Waals surface area contributed by atoms with E-state index < -0.39 is 49.5 Å². The first kappa shape index (κ1) is 74.4. The molecule has 1 rings (SSSR count). The number of nitrogens with one attached hydrogen (secondary N) is 1. The molecular weight excluding hydrogens is 983 g/mol. The molecule has 9 heteroatoms. The Kier molecular flexibility index (Phi) is 55.1. The fourth-order valence-corrected chi connectivity index (χ4v) is 10.3. The zero-order valence-corrected chi connectivity index (χ0v) is 51.1. The number of aliphatic hydroxyl groups is 5. The van der Waals surface area contributed by atoms with Crippen LogP contribution in [-0.4, -0.2) is 87.5 Å². The summed E-state index contributed by atoms with van der Waals surface area (Å²) < 4.78 is 11.4. The molecule has 7 atom stereocenters. The van der Waals surface area contributed by atoms with Crippen LogP contribution in [0, 0.1) is 0 Å². The smallest absolute Gasteiger partial charge is 0.220 e. The lowest BCUT2D eigenvalue weighted by Crippen LogP contribution is -2.60. The highest BCUT2D eigenvalue weighted by atomic mass is 16.7. The third-order valence-electron chi connectivity index (χ3n) is 15.5. The lowest BCUT2D eigenvalue weighted by atomic mass is 9.99. The van der Waals surface area contributed by atoms with Gasteiger partial charge in [-0.05, 0) is 70.6 Å². The van der Waals surface area contributed by atoms with Gasteiger partial charge in [0.2, 0.25) is 5.91 Å². The molecule has 0 aliphatic carbocycles. The van der Waals surface area contributed by atoms with E-state index in [1.807, 2.05) is 0 Å². The Morgan fingerprint density at radius 2 is 0.785 bits per heavy atom. The summed E-state index contributed by atoms with van der Waals surface area (Å²) in [6.45, 7) is 3.75. The molecule has 1 fully saturated rings. The largest absolute Gasteiger partial charge is 0.394 e. The number of carbonyl (C=O) groups is 1. The van der Waals surface area contributed by atoms with E-state index in [1.54, 1.807) is 0 Å². The first-order chi connectivity index (χ1) is 38.8. The van der Waals surface area contributed by atoms with Crippen molar-refractivity contribution in [1.29, 1.82) is 0 Å². The van der Waals surface area contributed by atoms with Crippen LogP contribution in [0.5, 0.6) is 0 Å². The molecule has 458 valence electrons. The molecule has 0 spiro atoms. The Morgan fingerprint density at radius 3 is 1.16 bits per heavy atom. The second-order valence-electron chi connectivity index (χ2n) is 22.9. The van der Waals surface area contributed by atoms with E-state index in [0.717, 1.165) is 83.5 Å². The third-order valence-corrected chi connectivity index (χ3v) is 15.5. The van der Waals surface area contributed by atoms with Crippen molar-refractivity contribution in [3.05, 3.63) is 85.1 Å². The highest BCUT2D eigenvalue weighted by Crippen LogP contribution is 2.23. The van der Waals surface area contributed by atoms with Crippen LogP contribution >= 0.6 is 0 Å². The number of rotatable bonds is 57. The highest BCUT2D eigenvalue weighted by molar-refractivity contribution is 5.76. The maximum absolute atomic E-state index is 13.1. The van der Waals surface area contributed by atoms with Gasteiger partial charge < -0.3 is 40.3 Å². The van der Waals surface area contributed by atoms with Crippen LogP contribution in [0.2, 0.25) is 0 Å². The van der Waals surface area contributed by atoms with Crippen molar-refractivity contribution in [2.75, 3.05) is 13.2 Å². The maximum Gasteiger partial charge on any atom is 0.220 e. The first-order valence-electron chi connectivity index (χ1n) is 33.3. The minimum absolute atomic E-state index is 0.140. The van der Waals surface area contributed by atoms with E-state index in [0.29, 0.717) is 12.8 Å². The topological polar surface area (TPSA) is 149 Å². The molecule has 0 saturated carbocycles. The number of amides is 1. The predicted molar refractivity (Wildman–Crippen MR) is 336 cm³/mol. The molecule has 1 aliphatic rings. The van der Waals surface area contributed by atoms with Gasteiger partial charge in [-0.1, -0.05) is 304 Å². The van der Waals surface area contributed by atoms with E-state index >= 15 is 0 Å². The molecule has 7 unspecified atom stereocenters. The summed E-state index contributed by atoms with van der Waals surface area (Å²) in [6, 6.07) is -0.725. The van der Waals surface area contributed by atoms with Crippen molar-refractivity contribution in [2.24, 2.45) is 0 Å². The molecule has 1 aliphatic heterocycles. The summed E-state index contributed by atoms with van der Waals surface area (Å²) in [5, 5.41) is 54.9. The monoisotopic (exact) mass is 1110 g/mol. The summed E-state index contributed by atoms with van der Waals surface area (Å²) in [5.74, 6) is -0.145. The number of hydrogen-bond donors (Lipinski definition) is 6. The van der Waals surface area contributed by atoms with Crippen molar-refractivity contribution in [2.45, 2.75) is 339 Å². The Balaban J connectivity index is 2.13. The molecule has 6 N–H and O–H groups in total. The van der Waals surface area contributed by atoms with Gasteiger partial charge in [0.1, 0.15) is 24.4 Å². The van der Waals surface area contributed by atoms with Crippen LogP contribution in [0.3, 0.4) is 0 Å². The SMILES string of the molecule is CC/C=C\C/C=C\C/C=C\C/C=C\C/C=C\C/C=C\C/C=C\CCCCCCCCCCCCCCCC(=O)NC(COC1OC(CO)C(O)C(O)C1O)C(O)CCCCCCCCCCCCCCCCCCCCCCC. The van der Waals surface area contributed by atoms with Gasteiger partial charge in [0, 0.05) is 6.42 Å². The average molecular weight is 1110 g/mol. The summed E-state index contributed by atoms with van der Waals surface area (Å²) in [7, 11) is 0. The van der Waals surface area contributed by atoms with Crippen LogP contribution in [0.4, 0.5) is 0 Å². The number of ether oxygens (including phenoxy) is 2. The lowest BCUT2D eigenvalue weighted by molar-refractivity contribution is -0.302. The summed E-state index contributed by atoms with van der Waals surface area (Å²) in [5.41, 5.74) is 0. The van der Waals surface area contributed by atoms with Crippen LogP contribution in [-0.2, 0) is 14.3 Å². The van der Waals surface area contributed by atoms with Gasteiger partial charge in [-0.25, -0.2) is 0 Å². The molecule has 0 radical (unpaired) electrons. The molecule has 0 aromatic rings. The molecule has 0 aromatic heterocycles. The molecule has 79 heavy (non-hydrogen) atoms. The van der Waals surface area contributed by atoms with Gasteiger partial charge in [-0.2, -0.15) is 0 Å². The van der Waals surface area contributed by atoms with Gasteiger partial charge in [0.25, 0.3) is 0 Å². The number of allylic oxidation sites excluding steroid dienone is 14.